The van der Waals surface area contributed by atoms with Crippen LogP contribution in [0.15, 0.2) is 42.9 Å². The average molecular weight is 346 g/mol. The zero-order chi connectivity index (χ0) is 17.5. The molecule has 1 aliphatic carbocycles. The van der Waals surface area contributed by atoms with Gasteiger partial charge in [0.2, 0.25) is 0 Å². The lowest BCUT2D eigenvalue weighted by atomic mass is 10.1. The molecular weight excluding hydrogens is 328 g/mol. The van der Waals surface area contributed by atoms with Gasteiger partial charge in [-0.3, -0.25) is 14.2 Å². The lowest BCUT2D eigenvalue weighted by molar-refractivity contribution is 0.0298. The first kappa shape index (κ1) is 15.3. The van der Waals surface area contributed by atoms with Gasteiger partial charge in [-0.2, -0.15) is 0 Å². The second kappa shape index (κ2) is 6.07. The maximum absolute atomic E-state index is 12.9. The fourth-order valence-electron chi connectivity index (χ4n) is 3.53. The van der Waals surface area contributed by atoms with Crippen molar-refractivity contribution in [2.45, 2.75) is 6.42 Å². The molecule has 0 saturated carbocycles. The maximum atomic E-state index is 12.9. The number of aromatic nitrogens is 3. The summed E-state index contributed by atoms with van der Waals surface area (Å²) >= 11 is 0. The highest BCUT2D eigenvalue weighted by Crippen LogP contribution is 2.25. The van der Waals surface area contributed by atoms with Crippen molar-refractivity contribution in [1.82, 2.24) is 19.3 Å². The van der Waals surface area contributed by atoms with Gasteiger partial charge in [0.05, 0.1) is 25.1 Å². The van der Waals surface area contributed by atoms with Gasteiger partial charge < -0.3 is 9.64 Å². The van der Waals surface area contributed by atoms with Gasteiger partial charge in [-0.05, 0) is 36.3 Å². The molecule has 6 nitrogen and oxygen atoms in total. The summed E-state index contributed by atoms with van der Waals surface area (Å²) in [5.74, 6) is -0.00534. The number of pyridine rings is 2. The van der Waals surface area contributed by atoms with Crippen molar-refractivity contribution >= 4 is 17.6 Å². The number of fused-ring (bicyclic) bond motifs is 2. The zero-order valence-corrected chi connectivity index (χ0v) is 14.3. The lowest BCUT2D eigenvalue weighted by Crippen LogP contribution is -2.41. The van der Waals surface area contributed by atoms with Crippen molar-refractivity contribution < 1.29 is 9.53 Å². The molecule has 1 aliphatic heterocycles. The fourth-order valence-corrected chi connectivity index (χ4v) is 3.53. The molecule has 26 heavy (non-hydrogen) atoms. The number of ether oxygens (including phenoxy) is 1. The molecule has 3 aromatic rings. The highest BCUT2D eigenvalue weighted by molar-refractivity contribution is 5.93. The number of hydrogen-bond acceptors (Lipinski definition) is 4. The van der Waals surface area contributed by atoms with Crippen LogP contribution in [0.2, 0.25) is 0 Å². The monoisotopic (exact) mass is 346 g/mol. The van der Waals surface area contributed by atoms with Crippen LogP contribution in [-0.2, 0) is 11.2 Å². The van der Waals surface area contributed by atoms with E-state index in [4.69, 9.17) is 4.74 Å². The van der Waals surface area contributed by atoms with Crippen molar-refractivity contribution in [3.63, 3.8) is 0 Å². The maximum Gasteiger partial charge on any atom is 0.272 e. The molecule has 1 fully saturated rings. The predicted octanol–water partition coefficient (Wildman–Crippen LogP) is 2.44. The normalized spacial score (nSPS) is 16.2. The van der Waals surface area contributed by atoms with Gasteiger partial charge in [0.25, 0.3) is 5.91 Å². The third-order valence-corrected chi connectivity index (χ3v) is 4.97. The minimum atomic E-state index is -0.00534. The van der Waals surface area contributed by atoms with Crippen LogP contribution in [0.3, 0.4) is 0 Å². The van der Waals surface area contributed by atoms with Crippen LogP contribution in [0.5, 0.6) is 0 Å². The van der Waals surface area contributed by atoms with Crippen LogP contribution in [0.4, 0.5) is 0 Å². The molecule has 5 rings (SSSR count). The van der Waals surface area contributed by atoms with E-state index in [1.54, 1.807) is 6.20 Å². The Bertz CT molecular complexity index is 1030. The first-order chi connectivity index (χ1) is 12.8. The Labute approximate surface area is 150 Å². The van der Waals surface area contributed by atoms with Crippen molar-refractivity contribution in [2.24, 2.45) is 0 Å². The summed E-state index contributed by atoms with van der Waals surface area (Å²) in [7, 11) is 0. The molecule has 0 N–H and O–H groups in total. The molecule has 4 heterocycles. The summed E-state index contributed by atoms with van der Waals surface area (Å²) in [6.45, 7) is 2.41. The van der Waals surface area contributed by atoms with Crippen LogP contribution in [0.1, 0.15) is 21.7 Å². The number of allylic oxidation sites excluding steroid dienone is 1. The van der Waals surface area contributed by atoms with Crippen LogP contribution < -0.4 is 0 Å². The molecular formula is C20H18N4O2. The number of rotatable bonds is 2. The summed E-state index contributed by atoms with van der Waals surface area (Å²) in [6.07, 6.45) is 10.6. The quantitative estimate of drug-likeness (QED) is 0.715. The van der Waals surface area contributed by atoms with Gasteiger partial charge in [-0.1, -0.05) is 6.08 Å². The van der Waals surface area contributed by atoms with E-state index in [1.807, 2.05) is 33.8 Å². The smallest absolute Gasteiger partial charge is 0.272 e. The van der Waals surface area contributed by atoms with E-state index in [-0.39, 0.29) is 5.91 Å². The number of nitrogens with zero attached hydrogens (tertiary/aromatic N) is 4. The highest BCUT2D eigenvalue weighted by atomic mass is 16.5. The SMILES string of the molecule is O=C(c1cnc2ccc(-c3cnc4c(c3)CC=C4)cn12)N1CCOCC1. The van der Waals surface area contributed by atoms with Gasteiger partial charge in [-0.15, -0.1) is 0 Å². The van der Waals surface area contributed by atoms with Gasteiger partial charge in [0, 0.05) is 36.6 Å². The Morgan fingerprint density at radius 3 is 2.85 bits per heavy atom. The van der Waals surface area contributed by atoms with Gasteiger partial charge in [0.1, 0.15) is 11.3 Å². The van der Waals surface area contributed by atoms with Crippen molar-refractivity contribution in [3.8, 4) is 11.1 Å². The van der Waals surface area contributed by atoms with E-state index < -0.39 is 0 Å². The molecule has 0 unspecified atom stereocenters. The standard InChI is InChI=1S/C20H18N4O2/c25-20(23-6-8-26-9-7-23)18-12-22-19-5-4-15(13-24(18)19)16-10-14-2-1-3-17(14)21-11-16/h1,3-5,10-13H,2,6-9H2. The Hall–Kier alpha value is -2.99. The third-order valence-electron chi connectivity index (χ3n) is 4.97. The number of amides is 1. The Morgan fingerprint density at radius 1 is 1.08 bits per heavy atom. The topological polar surface area (TPSA) is 59.7 Å². The van der Waals surface area contributed by atoms with Gasteiger partial charge in [0.15, 0.2) is 0 Å². The Balaban J connectivity index is 1.54. The van der Waals surface area contributed by atoms with E-state index in [2.05, 4.69) is 28.2 Å². The average Bonchev–Trinajstić information content (AvgIpc) is 3.33. The molecule has 0 aromatic carbocycles. The second-order valence-electron chi connectivity index (χ2n) is 6.57. The Morgan fingerprint density at radius 2 is 1.96 bits per heavy atom. The summed E-state index contributed by atoms with van der Waals surface area (Å²) < 4.78 is 7.21. The summed E-state index contributed by atoms with van der Waals surface area (Å²) in [5, 5.41) is 0. The van der Waals surface area contributed by atoms with Crippen LogP contribution in [0.25, 0.3) is 22.9 Å². The van der Waals surface area contributed by atoms with Crippen LogP contribution >= 0.6 is 0 Å². The van der Waals surface area contributed by atoms with E-state index in [0.29, 0.717) is 32.0 Å². The van der Waals surface area contributed by atoms with Crippen molar-refractivity contribution in [1.29, 1.82) is 0 Å². The number of imidazole rings is 1. The van der Waals surface area contributed by atoms with E-state index in [0.717, 1.165) is 28.9 Å². The van der Waals surface area contributed by atoms with Crippen molar-refractivity contribution in [3.05, 3.63) is 59.8 Å². The van der Waals surface area contributed by atoms with Gasteiger partial charge in [-0.25, -0.2) is 4.98 Å². The Kier molecular flexibility index (Phi) is 3.57. The molecule has 1 amide bonds. The molecule has 6 heteroatoms. The highest BCUT2D eigenvalue weighted by Gasteiger charge is 2.22. The van der Waals surface area contributed by atoms with E-state index in [1.165, 1.54) is 5.56 Å². The molecule has 3 aromatic heterocycles. The summed E-state index contributed by atoms with van der Waals surface area (Å²) in [6, 6.07) is 6.14. The van der Waals surface area contributed by atoms with Crippen molar-refractivity contribution in [2.75, 3.05) is 26.3 Å². The van der Waals surface area contributed by atoms with E-state index >= 15 is 0 Å². The number of hydrogen-bond donors (Lipinski definition) is 0. The lowest BCUT2D eigenvalue weighted by Gasteiger charge is -2.26. The van der Waals surface area contributed by atoms with Crippen LogP contribution in [-0.4, -0.2) is 51.5 Å². The first-order valence-electron chi connectivity index (χ1n) is 8.79. The fraction of sp³-hybridized carbons (Fsp3) is 0.250. The second-order valence-corrected chi connectivity index (χ2v) is 6.57. The third kappa shape index (κ3) is 2.50. The van der Waals surface area contributed by atoms with E-state index in [9.17, 15) is 4.79 Å². The largest absolute Gasteiger partial charge is 0.378 e. The van der Waals surface area contributed by atoms with Gasteiger partial charge >= 0.3 is 0 Å². The predicted molar refractivity (Wildman–Crippen MR) is 97.9 cm³/mol. The molecule has 130 valence electrons. The first-order valence-corrected chi connectivity index (χ1v) is 8.79. The molecule has 1 saturated heterocycles. The molecule has 2 aliphatic rings. The number of carbonyl (C=O) groups is 1. The summed E-state index contributed by atoms with van der Waals surface area (Å²) in [4.78, 5) is 23.6. The molecule has 0 spiro atoms. The minimum Gasteiger partial charge on any atom is -0.378 e. The molecule has 0 bridgehead atoms. The molecule has 0 radical (unpaired) electrons. The minimum absolute atomic E-state index is 0.00534. The summed E-state index contributed by atoms with van der Waals surface area (Å²) in [5.41, 5.74) is 5.70. The zero-order valence-electron chi connectivity index (χ0n) is 14.3. The number of carbonyl (C=O) groups excluding carboxylic acids is 1. The molecule has 0 atom stereocenters. The number of morpholine rings is 1. The van der Waals surface area contributed by atoms with Crippen LogP contribution in [0, 0.1) is 0 Å².